The number of hydrogen-bond acceptors (Lipinski definition) is 6. The largest absolute Gasteiger partial charge is 0.507 e. The molecule has 0 saturated carbocycles. The highest BCUT2D eigenvalue weighted by molar-refractivity contribution is 6.99. The lowest BCUT2D eigenvalue weighted by atomic mass is 9.58. The topological polar surface area (TPSA) is 96.3 Å². The van der Waals surface area contributed by atoms with Gasteiger partial charge in [-0.2, -0.15) is 0 Å². The first-order valence-electron chi connectivity index (χ1n) is 21.7. The van der Waals surface area contributed by atoms with Crippen LogP contribution in [0.25, 0.3) is 22.4 Å². The fraction of sp³-hybridized carbons (Fsp3) is 0.245. The van der Waals surface area contributed by atoms with E-state index in [2.05, 4.69) is 87.5 Å². The Bertz CT molecular complexity index is 2610. The average molecular weight is 838 g/mol. The Morgan fingerprint density at radius 1 is 0.758 bits per heavy atom. The van der Waals surface area contributed by atoms with Crippen LogP contribution in [-0.2, 0) is 18.7 Å². The summed E-state index contributed by atoms with van der Waals surface area (Å²) in [5, 5.41) is 26.0. The quantitative estimate of drug-likeness (QED) is 0.0585. The van der Waals surface area contributed by atoms with E-state index in [1.165, 1.54) is 4.90 Å². The Hall–Kier alpha value is -5.84. The molecule has 2 amide bonds. The number of rotatable bonds is 11. The van der Waals surface area contributed by atoms with E-state index in [1.54, 1.807) is 6.07 Å². The van der Waals surface area contributed by atoms with Crippen molar-refractivity contribution in [3.63, 3.8) is 0 Å². The number of carbonyl (C=O) groups excluding carboxylic acids is 2. The lowest BCUT2D eigenvalue weighted by Gasteiger charge is -2.46. The van der Waals surface area contributed by atoms with Gasteiger partial charge in [0.05, 0.1) is 30.2 Å². The number of para-hydroxylation sites is 1. The van der Waals surface area contributed by atoms with Crippen LogP contribution >= 0.6 is 0 Å². The van der Waals surface area contributed by atoms with Gasteiger partial charge >= 0.3 is 7.12 Å². The normalized spacial score (nSPS) is 20.7. The Morgan fingerprint density at radius 3 is 1.97 bits per heavy atom. The maximum atomic E-state index is 14.6. The molecule has 6 aromatic carbocycles. The summed E-state index contributed by atoms with van der Waals surface area (Å²) in [6.07, 6.45) is 3.32. The first kappa shape index (κ1) is 41.5. The summed E-state index contributed by atoms with van der Waals surface area (Å²) in [5.74, 6) is -1.85. The van der Waals surface area contributed by atoms with E-state index < -0.39 is 39.3 Å². The number of aromatic hydroxyl groups is 1. The second-order valence-electron chi connectivity index (χ2n) is 17.9. The van der Waals surface area contributed by atoms with E-state index in [1.807, 2.05) is 91.0 Å². The van der Waals surface area contributed by atoms with E-state index in [4.69, 9.17) is 9.08 Å². The zero-order chi connectivity index (χ0) is 43.0. The van der Waals surface area contributed by atoms with E-state index in [9.17, 15) is 19.7 Å². The maximum absolute atomic E-state index is 14.6. The molecule has 2 saturated heterocycles. The van der Waals surface area contributed by atoms with Crippen molar-refractivity contribution in [1.29, 1.82) is 0 Å². The van der Waals surface area contributed by atoms with Gasteiger partial charge < -0.3 is 19.2 Å². The number of imide groups is 1. The van der Waals surface area contributed by atoms with Crippen molar-refractivity contribution >= 4 is 65.7 Å². The number of amides is 2. The van der Waals surface area contributed by atoms with Crippen molar-refractivity contribution in [2.24, 2.45) is 17.8 Å². The number of anilines is 1. The van der Waals surface area contributed by atoms with Gasteiger partial charge in [0, 0.05) is 5.39 Å². The molecular formula is C53H52BNO6Si. The Labute approximate surface area is 365 Å². The van der Waals surface area contributed by atoms with Gasteiger partial charge in [0.25, 0.3) is 8.32 Å². The molecule has 7 nitrogen and oxygen atoms in total. The van der Waals surface area contributed by atoms with Gasteiger partial charge in [0.15, 0.2) is 0 Å². The molecule has 6 aromatic rings. The first-order chi connectivity index (χ1) is 30.0. The van der Waals surface area contributed by atoms with Crippen molar-refractivity contribution in [2.45, 2.75) is 57.5 Å². The van der Waals surface area contributed by atoms with E-state index in [-0.39, 0.29) is 35.5 Å². The summed E-state index contributed by atoms with van der Waals surface area (Å²) in [4.78, 5) is 30.5. The molecule has 3 aliphatic rings. The molecule has 2 aliphatic heterocycles. The standard InChI is InChI=1S/C53H52BNO6Si/c1-53(2,3)62(41-22-12-6-13-23-41,42-24-14-7-15-25-42)60-35-39-33-45-50(52(58)55(51(45)57)40-20-10-5-11-21-40)46-34-54(59)61-48(49(39)46)31-29-37(36-18-8-4-9-19-36)32-38-28-30-47(56)44-27-17-16-26-43(38)44/h4-28,30,32,45-46,48,50,56,59H,29,31,33-35H2,1-3H3/b37-32-/t45-,46+,48-,50-/m1/s1. The third-order valence-electron chi connectivity index (χ3n) is 13.3. The third kappa shape index (κ3) is 7.57. The Morgan fingerprint density at radius 2 is 1.34 bits per heavy atom. The van der Waals surface area contributed by atoms with Crippen molar-refractivity contribution in [2.75, 3.05) is 11.5 Å². The minimum absolute atomic E-state index is 0.207. The maximum Gasteiger partial charge on any atom is 0.455 e. The van der Waals surface area contributed by atoms with Crippen LogP contribution in [0.1, 0.15) is 51.2 Å². The molecule has 0 radical (unpaired) electrons. The van der Waals surface area contributed by atoms with Crippen LogP contribution < -0.4 is 15.3 Å². The Kier molecular flexibility index (Phi) is 11.5. The average Bonchev–Trinajstić information content (AvgIpc) is 3.54. The van der Waals surface area contributed by atoms with Gasteiger partial charge in [-0.1, -0.05) is 166 Å². The molecule has 2 N–H and O–H groups in total. The van der Waals surface area contributed by atoms with Gasteiger partial charge in [-0.3, -0.25) is 14.5 Å². The van der Waals surface area contributed by atoms with Crippen molar-refractivity contribution < 1.29 is 28.8 Å². The SMILES string of the molecule is CC(C)(C)[Si](OCC1=C2[C@@H](CC/C(=C/c3ccc(O)c4ccccc34)c3ccccc3)OB(O)C[C@@H]2[C@@H]2C(=O)N(c3ccccc3)C(=O)[C@@H]2C1)(c1ccccc1)c1ccccc1. The molecule has 0 aromatic heterocycles. The van der Waals surface area contributed by atoms with Gasteiger partial charge in [-0.05, 0) is 98.3 Å². The molecule has 4 atom stereocenters. The summed E-state index contributed by atoms with van der Waals surface area (Å²) < 4.78 is 14.2. The number of allylic oxidation sites excluding steroid dienone is 1. The van der Waals surface area contributed by atoms with Crippen molar-refractivity contribution in [1.82, 2.24) is 0 Å². The summed E-state index contributed by atoms with van der Waals surface area (Å²) in [5.41, 5.74) is 5.63. The van der Waals surface area contributed by atoms with Gasteiger partial charge in [0.2, 0.25) is 11.8 Å². The third-order valence-corrected chi connectivity index (χ3v) is 18.3. The van der Waals surface area contributed by atoms with Gasteiger partial charge in [-0.15, -0.1) is 0 Å². The zero-order valence-corrected chi connectivity index (χ0v) is 36.5. The van der Waals surface area contributed by atoms with E-state index in [0.29, 0.717) is 24.9 Å². The zero-order valence-electron chi connectivity index (χ0n) is 35.5. The number of carbonyl (C=O) groups is 2. The second kappa shape index (κ2) is 17.1. The summed E-state index contributed by atoms with van der Waals surface area (Å²) in [7, 11) is -4.14. The monoisotopic (exact) mass is 837 g/mol. The summed E-state index contributed by atoms with van der Waals surface area (Å²) in [6.45, 7) is 7.02. The molecule has 2 fully saturated rings. The van der Waals surface area contributed by atoms with Crippen LogP contribution in [0.5, 0.6) is 5.75 Å². The highest BCUT2D eigenvalue weighted by Crippen LogP contribution is 2.52. The predicted octanol–water partition coefficient (Wildman–Crippen LogP) is 9.44. The smallest absolute Gasteiger partial charge is 0.455 e. The fourth-order valence-corrected chi connectivity index (χ4v) is 15.1. The number of fused-ring (bicyclic) bond motifs is 4. The van der Waals surface area contributed by atoms with Gasteiger partial charge in [0.1, 0.15) is 5.75 Å². The molecule has 0 spiro atoms. The van der Waals surface area contributed by atoms with Crippen LogP contribution in [0.15, 0.2) is 169 Å². The van der Waals surface area contributed by atoms with Crippen LogP contribution in [0.3, 0.4) is 0 Å². The van der Waals surface area contributed by atoms with Crippen LogP contribution in [-0.4, -0.2) is 50.1 Å². The predicted molar refractivity (Wildman–Crippen MR) is 251 cm³/mol. The van der Waals surface area contributed by atoms with Crippen LogP contribution in [0.4, 0.5) is 5.69 Å². The highest BCUT2D eigenvalue weighted by Gasteiger charge is 2.58. The minimum Gasteiger partial charge on any atom is -0.507 e. The molecule has 312 valence electrons. The minimum atomic E-state index is -3.02. The summed E-state index contributed by atoms with van der Waals surface area (Å²) >= 11 is 0. The molecule has 2 heterocycles. The summed E-state index contributed by atoms with van der Waals surface area (Å²) in [6, 6.07) is 52.1. The molecular weight excluding hydrogens is 785 g/mol. The molecule has 62 heavy (non-hydrogen) atoms. The first-order valence-corrected chi connectivity index (χ1v) is 23.7. The number of phenols is 1. The number of hydrogen-bond donors (Lipinski definition) is 2. The molecule has 9 rings (SSSR count). The van der Waals surface area contributed by atoms with E-state index >= 15 is 0 Å². The molecule has 0 bridgehead atoms. The number of benzene rings is 6. The molecule has 0 unspecified atom stereocenters. The number of nitrogens with zero attached hydrogens (tertiary/aromatic N) is 1. The van der Waals surface area contributed by atoms with Gasteiger partial charge in [-0.25, -0.2) is 0 Å². The molecule has 9 heteroatoms. The van der Waals surface area contributed by atoms with Crippen LogP contribution in [0, 0.1) is 17.8 Å². The van der Waals surface area contributed by atoms with Crippen LogP contribution in [0.2, 0.25) is 11.4 Å². The lowest BCUT2D eigenvalue weighted by molar-refractivity contribution is -0.122. The van der Waals surface area contributed by atoms with Crippen molar-refractivity contribution in [3.05, 3.63) is 180 Å². The molecule has 1 aliphatic carbocycles. The highest BCUT2D eigenvalue weighted by atomic mass is 28.4. The number of phenolic OH excluding ortho intramolecular Hbond substituents is 1. The van der Waals surface area contributed by atoms with Crippen molar-refractivity contribution in [3.8, 4) is 5.75 Å². The van der Waals surface area contributed by atoms with E-state index in [0.717, 1.165) is 49.0 Å². The Balaban J connectivity index is 1.15. The fourth-order valence-electron chi connectivity index (χ4n) is 10.5. The second-order valence-corrected chi connectivity index (χ2v) is 22.2. The lowest BCUT2D eigenvalue weighted by Crippen LogP contribution is -2.66.